The van der Waals surface area contributed by atoms with E-state index in [1.807, 2.05) is 0 Å². The second-order valence-electron chi connectivity index (χ2n) is 6.98. The molecule has 0 fully saturated rings. The van der Waals surface area contributed by atoms with Gasteiger partial charge >= 0.3 is 0 Å². The highest BCUT2D eigenvalue weighted by molar-refractivity contribution is 7.17. The molecule has 0 atom stereocenters. The fourth-order valence-corrected chi connectivity index (χ4v) is 4.79. The number of hydrogen-bond acceptors (Lipinski definition) is 6. The zero-order valence-electron chi connectivity index (χ0n) is 16.1. The van der Waals surface area contributed by atoms with Crippen molar-refractivity contribution in [2.24, 2.45) is 0 Å². The lowest BCUT2D eigenvalue weighted by molar-refractivity contribution is -0.384. The minimum absolute atomic E-state index is 0.0107. The first-order valence-corrected chi connectivity index (χ1v) is 10.4. The number of carbonyl (C=O) groups excluding carboxylic acids is 2. The topological polar surface area (TPSA) is 105 Å². The van der Waals surface area contributed by atoms with Crippen LogP contribution in [0.1, 0.15) is 50.4 Å². The van der Waals surface area contributed by atoms with Gasteiger partial charge in [0, 0.05) is 31.1 Å². The summed E-state index contributed by atoms with van der Waals surface area (Å²) in [6.07, 6.45) is 4.74. The monoisotopic (exact) mass is 436 g/mol. The predicted molar refractivity (Wildman–Crippen MR) is 113 cm³/mol. The molecule has 0 saturated heterocycles. The lowest BCUT2D eigenvalue weighted by atomic mass is 10.0. The summed E-state index contributed by atoms with van der Waals surface area (Å²) in [5.41, 5.74) is 3.92. The molecule has 0 spiro atoms. The number of nitrogens with zero attached hydrogens (tertiary/aromatic N) is 2. The molecule has 3 rings (SSSR count). The number of rotatable bonds is 5. The molecule has 2 aromatic rings. The van der Waals surface area contributed by atoms with Crippen LogP contribution in [0.4, 0.5) is 10.7 Å². The van der Waals surface area contributed by atoms with E-state index < -0.39 is 10.8 Å². The normalized spacial score (nSPS) is 13.5. The summed E-state index contributed by atoms with van der Waals surface area (Å²) in [7, 11) is 3.42. The molecule has 2 N–H and O–H groups in total. The van der Waals surface area contributed by atoms with E-state index in [1.54, 1.807) is 19.1 Å². The van der Waals surface area contributed by atoms with E-state index in [2.05, 4.69) is 10.7 Å². The zero-order valence-corrected chi connectivity index (χ0v) is 17.7. The molecule has 0 unspecified atom stereocenters. The largest absolute Gasteiger partial charge is 0.313 e. The van der Waals surface area contributed by atoms with Crippen LogP contribution >= 0.6 is 22.9 Å². The van der Waals surface area contributed by atoms with Crippen molar-refractivity contribution in [2.45, 2.75) is 32.1 Å². The number of hydrogen-bond donors (Lipinski definition) is 2. The van der Waals surface area contributed by atoms with Crippen molar-refractivity contribution in [2.75, 3.05) is 19.4 Å². The number of aryl methyl sites for hydroxylation is 1. The van der Waals surface area contributed by atoms with Crippen LogP contribution in [-0.2, 0) is 12.8 Å². The molecular formula is C19H21ClN4O4S. The molecule has 1 aromatic carbocycles. The number of amides is 2. The molecule has 29 heavy (non-hydrogen) atoms. The quantitative estimate of drug-likeness (QED) is 0.418. The molecule has 10 heteroatoms. The maximum atomic E-state index is 12.8. The Balaban J connectivity index is 1.98. The Morgan fingerprint density at radius 3 is 2.59 bits per heavy atom. The van der Waals surface area contributed by atoms with Gasteiger partial charge in [-0.25, -0.2) is 5.01 Å². The number of benzene rings is 1. The maximum absolute atomic E-state index is 12.8. The van der Waals surface area contributed by atoms with E-state index in [9.17, 15) is 19.7 Å². The van der Waals surface area contributed by atoms with Gasteiger partial charge in [-0.05, 0) is 37.3 Å². The highest BCUT2D eigenvalue weighted by atomic mass is 35.5. The number of fused-ring (bicyclic) bond motifs is 1. The molecule has 1 aromatic heterocycles. The molecule has 0 radical (unpaired) electrons. The second-order valence-corrected chi connectivity index (χ2v) is 8.49. The minimum atomic E-state index is -0.589. The third-order valence-corrected chi connectivity index (χ3v) is 6.14. The Bertz CT molecular complexity index is 973. The number of hydrazine groups is 1. The average molecular weight is 437 g/mol. The Morgan fingerprint density at radius 1 is 1.17 bits per heavy atom. The van der Waals surface area contributed by atoms with Gasteiger partial charge in [0.25, 0.3) is 17.5 Å². The number of carbonyl (C=O) groups is 2. The molecule has 0 bridgehead atoms. The summed E-state index contributed by atoms with van der Waals surface area (Å²) < 4.78 is 0. The van der Waals surface area contributed by atoms with Gasteiger partial charge in [0.05, 0.1) is 21.1 Å². The van der Waals surface area contributed by atoms with Gasteiger partial charge in [0.1, 0.15) is 5.00 Å². The van der Waals surface area contributed by atoms with Crippen molar-refractivity contribution >= 4 is 45.4 Å². The summed E-state index contributed by atoms with van der Waals surface area (Å²) in [6.45, 7) is 0. The zero-order chi connectivity index (χ0) is 21.1. The van der Waals surface area contributed by atoms with E-state index >= 15 is 0 Å². The molecule has 1 aliphatic rings. The number of nitrogens with one attached hydrogen (secondary N) is 2. The summed E-state index contributed by atoms with van der Waals surface area (Å²) in [4.78, 5) is 37.2. The maximum Gasteiger partial charge on any atom is 0.270 e. The van der Waals surface area contributed by atoms with Crippen LogP contribution in [0.2, 0.25) is 5.02 Å². The van der Waals surface area contributed by atoms with Crippen LogP contribution in [0, 0.1) is 10.1 Å². The van der Waals surface area contributed by atoms with Crippen molar-refractivity contribution in [3.63, 3.8) is 0 Å². The van der Waals surface area contributed by atoms with Gasteiger partial charge in [0.15, 0.2) is 0 Å². The van der Waals surface area contributed by atoms with Gasteiger partial charge in [-0.15, -0.1) is 11.3 Å². The van der Waals surface area contributed by atoms with Gasteiger partial charge in [0.2, 0.25) is 0 Å². The Kier molecular flexibility index (Phi) is 6.51. The van der Waals surface area contributed by atoms with Crippen molar-refractivity contribution in [1.29, 1.82) is 0 Å². The van der Waals surface area contributed by atoms with Crippen LogP contribution in [0.25, 0.3) is 0 Å². The standard InChI is InChI=1S/C19H21ClN4O4S/c1-23(2)22-18(26)16-12-6-4-3-5-7-15(12)29-19(16)21-17(25)13-10-11(24(27)28)8-9-14(13)20/h8-10H,3-7H2,1-2H3,(H,21,25)(H,22,26). The van der Waals surface area contributed by atoms with E-state index in [1.165, 1.54) is 23.5 Å². The predicted octanol–water partition coefficient (Wildman–Crippen LogP) is 4.04. The smallest absolute Gasteiger partial charge is 0.270 e. The second kappa shape index (κ2) is 8.89. The fraction of sp³-hybridized carbons (Fsp3) is 0.368. The molecule has 1 aliphatic carbocycles. The van der Waals surface area contributed by atoms with Gasteiger partial charge in [-0.2, -0.15) is 0 Å². The Hall–Kier alpha value is -2.49. The van der Waals surface area contributed by atoms with Crippen molar-refractivity contribution in [3.8, 4) is 0 Å². The SMILES string of the molecule is CN(C)NC(=O)c1c(NC(=O)c2cc([N+](=O)[O-])ccc2Cl)sc2c1CCCCC2. The van der Waals surface area contributed by atoms with Crippen LogP contribution in [0.5, 0.6) is 0 Å². The molecule has 0 aliphatic heterocycles. The van der Waals surface area contributed by atoms with Crippen molar-refractivity contribution in [3.05, 3.63) is 54.9 Å². The lowest BCUT2D eigenvalue weighted by Gasteiger charge is -2.14. The number of nitro benzene ring substituents is 1. The van der Waals surface area contributed by atoms with Gasteiger partial charge in [-0.1, -0.05) is 18.0 Å². The van der Waals surface area contributed by atoms with E-state index in [0.29, 0.717) is 10.6 Å². The number of anilines is 1. The van der Waals surface area contributed by atoms with E-state index in [4.69, 9.17) is 11.6 Å². The number of halogens is 1. The first-order valence-electron chi connectivity index (χ1n) is 9.16. The molecule has 0 saturated carbocycles. The molecule has 1 heterocycles. The van der Waals surface area contributed by atoms with E-state index in [0.717, 1.165) is 48.6 Å². The average Bonchev–Trinajstić information content (AvgIpc) is 2.82. The molecule has 2 amide bonds. The first kappa shape index (κ1) is 21.2. The number of nitro groups is 1. The van der Waals surface area contributed by atoms with Crippen LogP contribution in [-0.4, -0.2) is 35.8 Å². The minimum Gasteiger partial charge on any atom is -0.313 e. The van der Waals surface area contributed by atoms with Gasteiger partial charge in [-0.3, -0.25) is 25.1 Å². The Labute approximate surface area is 177 Å². The third kappa shape index (κ3) is 4.75. The van der Waals surface area contributed by atoms with E-state index in [-0.39, 0.29) is 22.2 Å². The number of non-ortho nitro benzene ring substituents is 1. The van der Waals surface area contributed by atoms with Gasteiger partial charge < -0.3 is 5.32 Å². The van der Waals surface area contributed by atoms with Crippen LogP contribution < -0.4 is 10.7 Å². The number of thiophene rings is 1. The van der Waals surface area contributed by atoms with Crippen molar-refractivity contribution < 1.29 is 14.5 Å². The highest BCUT2D eigenvalue weighted by Crippen LogP contribution is 2.38. The highest BCUT2D eigenvalue weighted by Gasteiger charge is 2.27. The fourth-order valence-electron chi connectivity index (χ4n) is 3.30. The van der Waals surface area contributed by atoms with Crippen molar-refractivity contribution in [1.82, 2.24) is 10.4 Å². The summed E-state index contributed by atoms with van der Waals surface area (Å²) in [6, 6.07) is 3.69. The molecule has 8 nitrogen and oxygen atoms in total. The van der Waals surface area contributed by atoms with Crippen LogP contribution in [0.3, 0.4) is 0 Å². The summed E-state index contributed by atoms with van der Waals surface area (Å²) in [5, 5.41) is 15.9. The summed E-state index contributed by atoms with van der Waals surface area (Å²) >= 11 is 7.47. The first-order chi connectivity index (χ1) is 13.8. The summed E-state index contributed by atoms with van der Waals surface area (Å²) in [5.74, 6) is -0.885. The molecule has 154 valence electrons. The Morgan fingerprint density at radius 2 is 1.90 bits per heavy atom. The third-order valence-electron chi connectivity index (χ3n) is 4.61. The van der Waals surface area contributed by atoms with Crippen LogP contribution in [0.15, 0.2) is 18.2 Å². The lowest BCUT2D eigenvalue weighted by Crippen LogP contribution is -2.36. The molecular weight excluding hydrogens is 416 g/mol.